The summed E-state index contributed by atoms with van der Waals surface area (Å²) in [6.45, 7) is 0. The van der Waals surface area contributed by atoms with Crippen LogP contribution in [0.5, 0.6) is 11.5 Å². The van der Waals surface area contributed by atoms with E-state index in [-0.39, 0.29) is 6.42 Å². The highest BCUT2D eigenvalue weighted by atomic mass is 79.9. The standard InChI is InChI=1S/C17H12Br2N2O3/c18-13-5-10(1-4-16(22)23)6-14(19)17(13)24-12-2-3-15-11(7-12)8-20-9-21-15/h2-3,5-9H,1,4H2,(H,22,23). The van der Waals surface area contributed by atoms with E-state index in [9.17, 15) is 4.79 Å². The summed E-state index contributed by atoms with van der Waals surface area (Å²) in [6.07, 6.45) is 3.78. The molecule has 0 saturated carbocycles. The minimum absolute atomic E-state index is 0.0871. The van der Waals surface area contributed by atoms with Gasteiger partial charge in [0.15, 0.2) is 5.75 Å². The molecular weight excluding hydrogens is 440 g/mol. The summed E-state index contributed by atoms with van der Waals surface area (Å²) in [5.41, 5.74) is 1.76. The minimum Gasteiger partial charge on any atom is -0.481 e. The van der Waals surface area contributed by atoms with Crippen LogP contribution in [0.15, 0.2) is 51.8 Å². The lowest BCUT2D eigenvalue weighted by atomic mass is 10.1. The van der Waals surface area contributed by atoms with Gasteiger partial charge in [0.2, 0.25) is 0 Å². The third-order valence-electron chi connectivity index (χ3n) is 3.38. The lowest BCUT2D eigenvalue weighted by Gasteiger charge is -2.12. The first-order chi connectivity index (χ1) is 11.5. The largest absolute Gasteiger partial charge is 0.481 e. The molecule has 0 bridgehead atoms. The SMILES string of the molecule is O=C(O)CCc1cc(Br)c(Oc2ccc3ncncc3c2)c(Br)c1. The number of aromatic nitrogens is 2. The highest BCUT2D eigenvalue weighted by molar-refractivity contribution is 9.11. The molecule has 0 unspecified atom stereocenters. The molecule has 122 valence electrons. The molecule has 5 nitrogen and oxygen atoms in total. The van der Waals surface area contributed by atoms with E-state index >= 15 is 0 Å². The molecule has 0 saturated heterocycles. The van der Waals surface area contributed by atoms with Crippen LogP contribution in [-0.4, -0.2) is 21.0 Å². The topological polar surface area (TPSA) is 72.3 Å². The molecule has 0 radical (unpaired) electrons. The number of rotatable bonds is 5. The first kappa shape index (κ1) is 16.9. The maximum absolute atomic E-state index is 10.7. The molecule has 0 spiro atoms. The van der Waals surface area contributed by atoms with Crippen LogP contribution in [0.25, 0.3) is 10.9 Å². The van der Waals surface area contributed by atoms with Crippen molar-refractivity contribution in [3.63, 3.8) is 0 Å². The van der Waals surface area contributed by atoms with Gasteiger partial charge in [-0.05, 0) is 74.2 Å². The average Bonchev–Trinajstić information content (AvgIpc) is 2.56. The molecule has 2 aromatic carbocycles. The minimum atomic E-state index is -0.819. The Labute approximate surface area is 155 Å². The number of halogens is 2. The third kappa shape index (κ3) is 3.91. The van der Waals surface area contributed by atoms with Crippen LogP contribution < -0.4 is 4.74 Å². The number of carboxylic acids is 1. The zero-order valence-corrected chi connectivity index (χ0v) is 15.5. The van der Waals surface area contributed by atoms with Gasteiger partial charge in [-0.3, -0.25) is 4.79 Å². The number of carboxylic acid groups (broad SMARTS) is 1. The molecule has 7 heteroatoms. The van der Waals surface area contributed by atoms with Crippen molar-refractivity contribution in [2.45, 2.75) is 12.8 Å². The van der Waals surface area contributed by atoms with Gasteiger partial charge in [-0.2, -0.15) is 0 Å². The molecule has 0 amide bonds. The van der Waals surface area contributed by atoms with Crippen molar-refractivity contribution in [1.82, 2.24) is 9.97 Å². The Hall–Kier alpha value is -1.99. The maximum Gasteiger partial charge on any atom is 0.303 e. The monoisotopic (exact) mass is 450 g/mol. The van der Waals surface area contributed by atoms with Crippen molar-refractivity contribution in [2.24, 2.45) is 0 Å². The lowest BCUT2D eigenvalue weighted by Crippen LogP contribution is -1.98. The average molecular weight is 452 g/mol. The number of fused-ring (bicyclic) bond motifs is 1. The Balaban J connectivity index is 1.87. The number of hydrogen-bond donors (Lipinski definition) is 1. The summed E-state index contributed by atoms with van der Waals surface area (Å²) in [6, 6.07) is 9.31. The molecule has 3 rings (SSSR count). The van der Waals surface area contributed by atoms with Gasteiger partial charge in [0.05, 0.1) is 14.5 Å². The van der Waals surface area contributed by atoms with E-state index in [4.69, 9.17) is 9.84 Å². The van der Waals surface area contributed by atoms with E-state index < -0.39 is 5.97 Å². The zero-order valence-electron chi connectivity index (χ0n) is 12.4. The normalized spacial score (nSPS) is 10.8. The van der Waals surface area contributed by atoms with Gasteiger partial charge in [-0.15, -0.1) is 0 Å². The number of hydrogen-bond acceptors (Lipinski definition) is 4. The first-order valence-corrected chi connectivity index (χ1v) is 8.69. The number of benzene rings is 2. The van der Waals surface area contributed by atoms with E-state index in [0.717, 1.165) is 25.4 Å². The molecule has 1 heterocycles. The number of aryl methyl sites for hydroxylation is 1. The predicted molar refractivity (Wildman–Crippen MR) is 97.4 cm³/mol. The molecule has 1 N–H and O–H groups in total. The van der Waals surface area contributed by atoms with E-state index in [1.165, 1.54) is 6.33 Å². The van der Waals surface area contributed by atoms with Crippen molar-refractivity contribution in [1.29, 1.82) is 0 Å². The van der Waals surface area contributed by atoms with Gasteiger partial charge in [-0.25, -0.2) is 9.97 Å². The summed E-state index contributed by atoms with van der Waals surface area (Å²) in [5.74, 6) is 0.475. The Morgan fingerprint density at radius 3 is 2.62 bits per heavy atom. The molecule has 24 heavy (non-hydrogen) atoms. The Morgan fingerprint density at radius 1 is 1.17 bits per heavy atom. The van der Waals surface area contributed by atoms with Gasteiger partial charge in [0.1, 0.15) is 12.1 Å². The molecule has 0 atom stereocenters. The van der Waals surface area contributed by atoms with E-state index in [1.54, 1.807) is 6.20 Å². The highest BCUT2D eigenvalue weighted by Gasteiger charge is 2.11. The highest BCUT2D eigenvalue weighted by Crippen LogP contribution is 2.38. The number of aliphatic carboxylic acids is 1. The Morgan fingerprint density at radius 2 is 1.92 bits per heavy atom. The number of nitrogens with zero attached hydrogens (tertiary/aromatic N) is 2. The Kier molecular flexibility index (Phi) is 5.11. The summed E-state index contributed by atoms with van der Waals surface area (Å²) >= 11 is 6.97. The summed E-state index contributed by atoms with van der Waals surface area (Å²) in [5, 5.41) is 9.68. The van der Waals surface area contributed by atoms with Crippen LogP contribution in [0.4, 0.5) is 0 Å². The van der Waals surface area contributed by atoms with Crippen molar-refractivity contribution >= 4 is 48.7 Å². The second-order valence-electron chi connectivity index (χ2n) is 5.13. The Bertz CT molecular complexity index is 892. The zero-order chi connectivity index (χ0) is 17.1. The fraction of sp³-hybridized carbons (Fsp3) is 0.118. The quantitative estimate of drug-likeness (QED) is 0.593. The van der Waals surface area contributed by atoms with E-state index in [0.29, 0.717) is 17.9 Å². The van der Waals surface area contributed by atoms with Gasteiger partial charge in [0.25, 0.3) is 0 Å². The molecular formula is C17H12Br2N2O3. The van der Waals surface area contributed by atoms with Crippen molar-refractivity contribution in [2.75, 3.05) is 0 Å². The molecule has 0 aliphatic heterocycles. The second-order valence-corrected chi connectivity index (χ2v) is 6.84. The number of ether oxygens (including phenoxy) is 1. The maximum atomic E-state index is 10.7. The molecule has 0 aliphatic rings. The smallest absolute Gasteiger partial charge is 0.303 e. The van der Waals surface area contributed by atoms with E-state index in [1.807, 2.05) is 30.3 Å². The van der Waals surface area contributed by atoms with Crippen LogP contribution >= 0.6 is 31.9 Å². The lowest BCUT2D eigenvalue weighted by molar-refractivity contribution is -0.136. The molecule has 3 aromatic rings. The van der Waals surface area contributed by atoms with Crippen LogP contribution in [0.3, 0.4) is 0 Å². The fourth-order valence-electron chi connectivity index (χ4n) is 2.25. The fourth-order valence-corrected chi connectivity index (χ4v) is 3.69. The van der Waals surface area contributed by atoms with Crippen LogP contribution in [0.1, 0.15) is 12.0 Å². The van der Waals surface area contributed by atoms with Crippen LogP contribution in [0, 0.1) is 0 Å². The molecule has 0 fully saturated rings. The predicted octanol–water partition coefficient (Wildman–Crippen LogP) is 4.96. The molecule has 1 aromatic heterocycles. The van der Waals surface area contributed by atoms with Gasteiger partial charge >= 0.3 is 5.97 Å². The second kappa shape index (κ2) is 7.27. The summed E-state index contributed by atoms with van der Waals surface area (Å²) in [7, 11) is 0. The van der Waals surface area contributed by atoms with E-state index in [2.05, 4.69) is 41.8 Å². The summed E-state index contributed by atoms with van der Waals surface area (Å²) < 4.78 is 7.47. The van der Waals surface area contributed by atoms with Gasteiger partial charge < -0.3 is 9.84 Å². The van der Waals surface area contributed by atoms with Crippen LogP contribution in [0.2, 0.25) is 0 Å². The third-order valence-corrected chi connectivity index (χ3v) is 4.56. The molecule has 0 aliphatic carbocycles. The van der Waals surface area contributed by atoms with Crippen LogP contribution in [-0.2, 0) is 11.2 Å². The van der Waals surface area contributed by atoms with Gasteiger partial charge in [-0.1, -0.05) is 0 Å². The first-order valence-electron chi connectivity index (χ1n) is 7.10. The van der Waals surface area contributed by atoms with Crippen molar-refractivity contribution in [3.8, 4) is 11.5 Å². The van der Waals surface area contributed by atoms with Crippen molar-refractivity contribution < 1.29 is 14.6 Å². The van der Waals surface area contributed by atoms with Crippen molar-refractivity contribution in [3.05, 3.63) is 57.4 Å². The van der Waals surface area contributed by atoms with Gasteiger partial charge in [0, 0.05) is 18.0 Å². The summed E-state index contributed by atoms with van der Waals surface area (Å²) in [4.78, 5) is 18.9. The number of carbonyl (C=O) groups is 1.